The minimum absolute atomic E-state index is 0.0705. The van der Waals surface area contributed by atoms with Crippen LogP contribution in [0.25, 0.3) is 0 Å². The van der Waals surface area contributed by atoms with Gasteiger partial charge in [-0.15, -0.1) is 0 Å². The Kier molecular flexibility index (Phi) is 8.83. The highest BCUT2D eigenvalue weighted by Gasteiger charge is 2.24. The standard InChI is InChI=1S/C14H32N2O/c1-6-14(12-17,15-4)9-7-10-16(5)11-8-13(2)3/h13,15,17H,6-12H2,1-5H3. The molecule has 104 valence electrons. The molecule has 0 aliphatic rings. The highest BCUT2D eigenvalue weighted by Crippen LogP contribution is 2.16. The van der Waals surface area contributed by atoms with Gasteiger partial charge in [0.1, 0.15) is 0 Å². The zero-order valence-corrected chi connectivity index (χ0v) is 12.4. The maximum Gasteiger partial charge on any atom is 0.0613 e. The van der Waals surface area contributed by atoms with E-state index in [2.05, 4.69) is 38.0 Å². The summed E-state index contributed by atoms with van der Waals surface area (Å²) >= 11 is 0. The Morgan fingerprint density at radius 2 is 1.94 bits per heavy atom. The quantitative estimate of drug-likeness (QED) is 0.618. The van der Waals surface area contributed by atoms with Gasteiger partial charge in [-0.2, -0.15) is 0 Å². The topological polar surface area (TPSA) is 35.5 Å². The molecule has 0 saturated heterocycles. The van der Waals surface area contributed by atoms with Crippen molar-refractivity contribution >= 4 is 0 Å². The maximum absolute atomic E-state index is 9.44. The predicted octanol–water partition coefficient (Wildman–Crippen LogP) is 2.10. The van der Waals surface area contributed by atoms with Crippen LogP contribution < -0.4 is 5.32 Å². The lowest BCUT2D eigenvalue weighted by Crippen LogP contribution is -2.46. The lowest BCUT2D eigenvalue weighted by Gasteiger charge is -2.31. The van der Waals surface area contributed by atoms with Gasteiger partial charge >= 0.3 is 0 Å². The zero-order valence-electron chi connectivity index (χ0n) is 12.4. The van der Waals surface area contributed by atoms with Crippen molar-refractivity contribution in [3.05, 3.63) is 0 Å². The van der Waals surface area contributed by atoms with Gasteiger partial charge in [-0.25, -0.2) is 0 Å². The number of hydrogen-bond acceptors (Lipinski definition) is 3. The number of nitrogens with one attached hydrogen (secondary N) is 1. The molecule has 0 amide bonds. The third-order valence-corrected chi connectivity index (χ3v) is 3.79. The van der Waals surface area contributed by atoms with Crippen molar-refractivity contribution in [3.8, 4) is 0 Å². The van der Waals surface area contributed by atoms with Crippen molar-refractivity contribution < 1.29 is 5.11 Å². The maximum atomic E-state index is 9.44. The van der Waals surface area contributed by atoms with E-state index in [1.54, 1.807) is 0 Å². The third-order valence-electron chi connectivity index (χ3n) is 3.79. The summed E-state index contributed by atoms with van der Waals surface area (Å²) in [7, 11) is 4.14. The molecular weight excluding hydrogens is 212 g/mol. The van der Waals surface area contributed by atoms with E-state index >= 15 is 0 Å². The molecule has 0 spiro atoms. The van der Waals surface area contributed by atoms with Gasteiger partial charge in [0.05, 0.1) is 6.61 Å². The molecule has 3 nitrogen and oxygen atoms in total. The zero-order chi connectivity index (χ0) is 13.3. The van der Waals surface area contributed by atoms with Gasteiger partial charge < -0.3 is 15.3 Å². The molecule has 0 radical (unpaired) electrons. The van der Waals surface area contributed by atoms with Crippen LogP contribution in [0.1, 0.15) is 46.5 Å². The molecular formula is C14H32N2O. The summed E-state index contributed by atoms with van der Waals surface area (Å²) in [6, 6.07) is 0. The van der Waals surface area contributed by atoms with Gasteiger partial charge in [0, 0.05) is 5.54 Å². The van der Waals surface area contributed by atoms with E-state index in [1.807, 2.05) is 7.05 Å². The fourth-order valence-electron chi connectivity index (χ4n) is 2.03. The third kappa shape index (κ3) is 7.02. The molecule has 0 aliphatic heterocycles. The molecule has 0 fully saturated rings. The first kappa shape index (κ1) is 16.9. The van der Waals surface area contributed by atoms with Crippen LogP contribution in [-0.4, -0.2) is 49.3 Å². The van der Waals surface area contributed by atoms with Crippen molar-refractivity contribution in [2.24, 2.45) is 5.92 Å². The van der Waals surface area contributed by atoms with E-state index in [9.17, 15) is 5.11 Å². The second-order valence-electron chi connectivity index (χ2n) is 5.63. The summed E-state index contributed by atoms with van der Waals surface area (Å²) in [4.78, 5) is 2.40. The van der Waals surface area contributed by atoms with Gasteiger partial charge in [0.25, 0.3) is 0 Å². The van der Waals surface area contributed by atoms with Crippen molar-refractivity contribution in [1.82, 2.24) is 10.2 Å². The Hall–Kier alpha value is -0.120. The van der Waals surface area contributed by atoms with Crippen LogP contribution in [0.4, 0.5) is 0 Å². The van der Waals surface area contributed by atoms with Crippen LogP contribution in [0.3, 0.4) is 0 Å². The molecule has 0 aromatic heterocycles. The SMILES string of the molecule is CCC(CO)(CCCN(C)CCC(C)C)NC. The number of aliphatic hydroxyl groups excluding tert-OH is 1. The second-order valence-corrected chi connectivity index (χ2v) is 5.63. The first-order valence-corrected chi connectivity index (χ1v) is 6.98. The van der Waals surface area contributed by atoms with Gasteiger partial charge in [-0.05, 0) is 58.8 Å². The van der Waals surface area contributed by atoms with Crippen LogP contribution in [0.2, 0.25) is 0 Å². The van der Waals surface area contributed by atoms with E-state index in [-0.39, 0.29) is 12.1 Å². The molecule has 1 atom stereocenters. The minimum Gasteiger partial charge on any atom is -0.394 e. The summed E-state index contributed by atoms with van der Waals surface area (Å²) < 4.78 is 0. The summed E-state index contributed by atoms with van der Waals surface area (Å²) in [5.41, 5.74) is -0.0705. The van der Waals surface area contributed by atoms with Crippen molar-refractivity contribution in [2.75, 3.05) is 33.8 Å². The largest absolute Gasteiger partial charge is 0.394 e. The molecule has 0 rings (SSSR count). The van der Waals surface area contributed by atoms with Gasteiger partial charge in [-0.1, -0.05) is 20.8 Å². The number of hydrogen-bond donors (Lipinski definition) is 2. The highest BCUT2D eigenvalue weighted by atomic mass is 16.3. The Morgan fingerprint density at radius 1 is 1.29 bits per heavy atom. The fourth-order valence-corrected chi connectivity index (χ4v) is 2.03. The molecule has 0 aliphatic carbocycles. The normalized spacial score (nSPS) is 15.5. The monoisotopic (exact) mass is 244 g/mol. The molecule has 17 heavy (non-hydrogen) atoms. The van der Waals surface area contributed by atoms with E-state index in [1.165, 1.54) is 13.0 Å². The van der Waals surface area contributed by atoms with Crippen LogP contribution in [-0.2, 0) is 0 Å². The second kappa shape index (κ2) is 8.90. The summed E-state index contributed by atoms with van der Waals surface area (Å²) in [6.45, 7) is 9.20. The van der Waals surface area contributed by atoms with Gasteiger partial charge in [-0.3, -0.25) is 0 Å². The Bertz CT molecular complexity index is 171. The number of nitrogens with zero attached hydrogens (tertiary/aromatic N) is 1. The highest BCUT2D eigenvalue weighted by molar-refractivity contribution is 4.84. The summed E-state index contributed by atoms with van der Waals surface area (Å²) in [5.74, 6) is 0.780. The molecule has 0 aromatic carbocycles. The summed E-state index contributed by atoms with van der Waals surface area (Å²) in [6.07, 6.45) is 4.43. The lowest BCUT2D eigenvalue weighted by molar-refractivity contribution is 0.147. The van der Waals surface area contributed by atoms with E-state index < -0.39 is 0 Å². The van der Waals surface area contributed by atoms with E-state index in [0.29, 0.717) is 0 Å². The molecule has 0 heterocycles. The molecule has 1 unspecified atom stereocenters. The van der Waals surface area contributed by atoms with E-state index in [0.717, 1.165) is 31.7 Å². The average Bonchev–Trinajstić information content (AvgIpc) is 2.33. The van der Waals surface area contributed by atoms with Crippen molar-refractivity contribution in [3.63, 3.8) is 0 Å². The van der Waals surface area contributed by atoms with Crippen LogP contribution in [0.15, 0.2) is 0 Å². The Labute approximate surface area is 108 Å². The first-order valence-electron chi connectivity index (χ1n) is 6.98. The molecule has 0 bridgehead atoms. The van der Waals surface area contributed by atoms with Crippen LogP contribution in [0.5, 0.6) is 0 Å². The average molecular weight is 244 g/mol. The minimum atomic E-state index is -0.0705. The Balaban J connectivity index is 3.80. The van der Waals surface area contributed by atoms with Gasteiger partial charge in [0.15, 0.2) is 0 Å². The number of rotatable bonds is 10. The fraction of sp³-hybridized carbons (Fsp3) is 1.00. The molecule has 0 saturated carbocycles. The number of aliphatic hydroxyl groups is 1. The lowest BCUT2D eigenvalue weighted by atomic mass is 9.91. The van der Waals surface area contributed by atoms with E-state index in [4.69, 9.17) is 0 Å². The van der Waals surface area contributed by atoms with Crippen molar-refractivity contribution in [2.45, 2.75) is 52.0 Å². The molecule has 3 heteroatoms. The first-order chi connectivity index (χ1) is 7.99. The van der Waals surface area contributed by atoms with Gasteiger partial charge in [0.2, 0.25) is 0 Å². The summed E-state index contributed by atoms with van der Waals surface area (Å²) in [5, 5.41) is 12.7. The van der Waals surface area contributed by atoms with Crippen molar-refractivity contribution in [1.29, 1.82) is 0 Å². The number of likely N-dealkylation sites (N-methyl/N-ethyl adjacent to an activating group) is 1. The van der Waals surface area contributed by atoms with Crippen LogP contribution in [0, 0.1) is 5.92 Å². The predicted molar refractivity (Wildman–Crippen MR) is 75.4 cm³/mol. The van der Waals surface area contributed by atoms with Crippen LogP contribution >= 0.6 is 0 Å². The molecule has 0 aromatic rings. The smallest absolute Gasteiger partial charge is 0.0613 e. The Morgan fingerprint density at radius 3 is 2.35 bits per heavy atom. The molecule has 2 N–H and O–H groups in total.